The minimum Gasteiger partial charge on any atom is -0.341 e. The Hall–Kier alpha value is -1.01. The molecule has 90 valence electrons. The molecule has 0 bridgehead atoms. The van der Waals surface area contributed by atoms with Gasteiger partial charge in [0.1, 0.15) is 10.3 Å². The summed E-state index contributed by atoms with van der Waals surface area (Å²) in [5.41, 5.74) is 2.02. The standard InChI is InChI=1S/C11H13BrN4S/c1-3-4-7-9(12)11(17)15-10(14-7)8-5-13-6-16(8)2/h5-6H,3-4H2,1-2H3,(H,14,15,17). The van der Waals surface area contributed by atoms with Crippen molar-refractivity contribution in [3.05, 3.63) is 27.3 Å². The number of aryl methyl sites for hydroxylation is 2. The van der Waals surface area contributed by atoms with Crippen molar-refractivity contribution in [2.75, 3.05) is 0 Å². The highest BCUT2D eigenvalue weighted by Crippen LogP contribution is 2.21. The maximum absolute atomic E-state index is 5.25. The van der Waals surface area contributed by atoms with E-state index in [-0.39, 0.29) is 0 Å². The molecule has 0 saturated heterocycles. The maximum Gasteiger partial charge on any atom is 0.157 e. The third-order valence-electron chi connectivity index (χ3n) is 2.49. The average Bonchev–Trinajstić information content (AvgIpc) is 2.71. The van der Waals surface area contributed by atoms with Gasteiger partial charge < -0.3 is 9.55 Å². The highest BCUT2D eigenvalue weighted by Gasteiger charge is 2.09. The fraction of sp³-hybridized carbons (Fsp3) is 0.364. The van der Waals surface area contributed by atoms with E-state index in [9.17, 15) is 0 Å². The van der Waals surface area contributed by atoms with Crippen molar-refractivity contribution in [1.29, 1.82) is 0 Å². The third-order valence-corrected chi connectivity index (χ3v) is 3.91. The normalized spacial score (nSPS) is 10.8. The van der Waals surface area contributed by atoms with Gasteiger partial charge in [-0.3, -0.25) is 0 Å². The van der Waals surface area contributed by atoms with Crippen LogP contribution in [0, 0.1) is 4.64 Å². The van der Waals surface area contributed by atoms with E-state index >= 15 is 0 Å². The molecule has 0 radical (unpaired) electrons. The number of H-pyrrole nitrogens is 1. The summed E-state index contributed by atoms with van der Waals surface area (Å²) in [6, 6.07) is 0. The number of halogens is 1. The Morgan fingerprint density at radius 2 is 2.29 bits per heavy atom. The van der Waals surface area contributed by atoms with E-state index in [1.54, 1.807) is 12.5 Å². The first kappa shape index (κ1) is 12.4. The Morgan fingerprint density at radius 3 is 2.88 bits per heavy atom. The Morgan fingerprint density at radius 1 is 1.53 bits per heavy atom. The average molecular weight is 313 g/mol. The first-order valence-electron chi connectivity index (χ1n) is 5.39. The van der Waals surface area contributed by atoms with Gasteiger partial charge in [-0.25, -0.2) is 9.97 Å². The Balaban J connectivity index is 2.57. The van der Waals surface area contributed by atoms with E-state index in [2.05, 4.69) is 37.8 Å². The number of aromatic nitrogens is 4. The van der Waals surface area contributed by atoms with Crippen molar-refractivity contribution in [3.8, 4) is 11.5 Å². The molecule has 0 aliphatic rings. The molecule has 0 aliphatic heterocycles. The SMILES string of the molecule is CCCc1[nH]c(-c2cncn2C)nc(=S)c1Br. The lowest BCUT2D eigenvalue weighted by atomic mass is 10.2. The molecule has 0 fully saturated rings. The highest BCUT2D eigenvalue weighted by atomic mass is 79.9. The van der Waals surface area contributed by atoms with E-state index in [1.807, 2.05) is 11.6 Å². The lowest BCUT2D eigenvalue weighted by molar-refractivity contribution is 0.853. The van der Waals surface area contributed by atoms with E-state index in [1.165, 1.54) is 0 Å². The van der Waals surface area contributed by atoms with E-state index < -0.39 is 0 Å². The molecule has 2 aromatic rings. The molecule has 0 aliphatic carbocycles. The summed E-state index contributed by atoms with van der Waals surface area (Å²) in [5, 5.41) is 0. The van der Waals surface area contributed by atoms with Gasteiger partial charge in [0.2, 0.25) is 0 Å². The number of imidazole rings is 1. The molecular formula is C11H13BrN4S. The van der Waals surface area contributed by atoms with Crippen molar-refractivity contribution in [2.45, 2.75) is 19.8 Å². The van der Waals surface area contributed by atoms with Crippen LogP contribution >= 0.6 is 28.1 Å². The van der Waals surface area contributed by atoms with Crippen LogP contribution in [0.4, 0.5) is 0 Å². The predicted molar refractivity (Wildman–Crippen MR) is 73.3 cm³/mol. The Bertz CT molecular complexity index is 587. The first-order chi connectivity index (χ1) is 8.13. The fourth-order valence-electron chi connectivity index (χ4n) is 1.63. The van der Waals surface area contributed by atoms with Crippen LogP contribution in [0.1, 0.15) is 19.0 Å². The van der Waals surface area contributed by atoms with Gasteiger partial charge in [0.15, 0.2) is 5.82 Å². The summed E-state index contributed by atoms with van der Waals surface area (Å²) in [5.74, 6) is 0.765. The largest absolute Gasteiger partial charge is 0.341 e. The van der Waals surface area contributed by atoms with Crippen LogP contribution in [0.5, 0.6) is 0 Å². The van der Waals surface area contributed by atoms with Gasteiger partial charge >= 0.3 is 0 Å². The number of aromatic amines is 1. The summed E-state index contributed by atoms with van der Waals surface area (Å²) in [4.78, 5) is 11.8. The molecule has 6 heteroatoms. The monoisotopic (exact) mass is 312 g/mol. The van der Waals surface area contributed by atoms with E-state index in [4.69, 9.17) is 12.2 Å². The van der Waals surface area contributed by atoms with Crippen molar-refractivity contribution < 1.29 is 0 Å². The molecule has 2 aromatic heterocycles. The first-order valence-corrected chi connectivity index (χ1v) is 6.59. The van der Waals surface area contributed by atoms with Crippen LogP contribution in [-0.2, 0) is 13.5 Å². The Labute approximate surface area is 113 Å². The summed E-state index contributed by atoms with van der Waals surface area (Å²) in [6.45, 7) is 2.13. The number of nitrogens with zero attached hydrogens (tertiary/aromatic N) is 3. The smallest absolute Gasteiger partial charge is 0.157 e. The molecule has 0 aromatic carbocycles. The molecule has 0 spiro atoms. The van der Waals surface area contributed by atoms with Crippen molar-refractivity contribution in [1.82, 2.24) is 19.5 Å². The minimum atomic E-state index is 0.586. The van der Waals surface area contributed by atoms with E-state index in [0.717, 1.165) is 34.5 Å². The van der Waals surface area contributed by atoms with Gasteiger partial charge in [-0.2, -0.15) is 0 Å². The quantitative estimate of drug-likeness (QED) is 0.885. The molecule has 2 heterocycles. The summed E-state index contributed by atoms with van der Waals surface area (Å²) in [6.07, 6.45) is 5.52. The zero-order valence-corrected chi connectivity index (χ0v) is 12.1. The third kappa shape index (κ3) is 2.47. The molecule has 0 saturated carbocycles. The molecule has 1 N–H and O–H groups in total. The summed E-state index contributed by atoms with van der Waals surface area (Å²) >= 11 is 8.73. The van der Waals surface area contributed by atoms with Gasteiger partial charge in [-0.15, -0.1) is 0 Å². The molecule has 0 amide bonds. The topological polar surface area (TPSA) is 46.5 Å². The number of hydrogen-bond acceptors (Lipinski definition) is 3. The second-order valence-corrected chi connectivity index (χ2v) is 5.00. The highest BCUT2D eigenvalue weighted by molar-refractivity contribution is 9.10. The lowest BCUT2D eigenvalue weighted by Gasteiger charge is -2.07. The zero-order valence-electron chi connectivity index (χ0n) is 9.70. The van der Waals surface area contributed by atoms with Crippen LogP contribution in [0.15, 0.2) is 17.0 Å². The summed E-state index contributed by atoms with van der Waals surface area (Å²) in [7, 11) is 1.93. The van der Waals surface area contributed by atoms with Gasteiger partial charge in [-0.1, -0.05) is 25.6 Å². The number of hydrogen-bond donors (Lipinski definition) is 1. The van der Waals surface area contributed by atoms with Gasteiger partial charge in [-0.05, 0) is 22.4 Å². The van der Waals surface area contributed by atoms with Gasteiger partial charge in [0.05, 0.1) is 17.0 Å². The van der Waals surface area contributed by atoms with E-state index in [0.29, 0.717) is 4.64 Å². The van der Waals surface area contributed by atoms with Crippen LogP contribution < -0.4 is 0 Å². The minimum absolute atomic E-state index is 0.586. The van der Waals surface area contributed by atoms with Crippen LogP contribution in [-0.4, -0.2) is 19.5 Å². The van der Waals surface area contributed by atoms with Crippen molar-refractivity contribution in [3.63, 3.8) is 0 Å². The van der Waals surface area contributed by atoms with Crippen molar-refractivity contribution >= 4 is 28.1 Å². The number of rotatable bonds is 3. The second-order valence-electron chi connectivity index (χ2n) is 3.82. The molecule has 2 rings (SSSR count). The Kier molecular flexibility index (Phi) is 3.73. The molecule has 4 nitrogen and oxygen atoms in total. The molecular weight excluding hydrogens is 300 g/mol. The molecule has 0 unspecified atom stereocenters. The van der Waals surface area contributed by atoms with Crippen molar-refractivity contribution in [2.24, 2.45) is 7.05 Å². The predicted octanol–water partition coefficient (Wildman–Crippen LogP) is 3.25. The second kappa shape index (κ2) is 5.10. The maximum atomic E-state index is 5.25. The zero-order chi connectivity index (χ0) is 12.4. The van der Waals surface area contributed by atoms with Crippen LogP contribution in [0.25, 0.3) is 11.5 Å². The van der Waals surface area contributed by atoms with Gasteiger partial charge in [0, 0.05) is 12.7 Å². The lowest BCUT2D eigenvalue weighted by Crippen LogP contribution is -2.01. The van der Waals surface area contributed by atoms with Gasteiger partial charge in [0.25, 0.3) is 0 Å². The molecule has 0 atom stereocenters. The van der Waals surface area contributed by atoms with Crippen LogP contribution in [0.2, 0.25) is 0 Å². The fourth-order valence-corrected chi connectivity index (χ4v) is 2.23. The van der Waals surface area contributed by atoms with Crippen LogP contribution in [0.3, 0.4) is 0 Å². The summed E-state index contributed by atoms with van der Waals surface area (Å²) < 4.78 is 3.39. The number of nitrogens with one attached hydrogen (secondary N) is 1. The molecule has 17 heavy (non-hydrogen) atoms.